The molecule has 2 N–H and O–H groups in total. The molecular weight excluding hydrogens is 689 g/mol. The van der Waals surface area contributed by atoms with Crippen LogP contribution in [0.1, 0.15) is 206 Å². The number of rotatable bonds is 40. The molecule has 0 aromatic carbocycles. The fourth-order valence-corrected chi connectivity index (χ4v) is 7.17. The van der Waals surface area contributed by atoms with Crippen LogP contribution in [0.2, 0.25) is 0 Å². The van der Waals surface area contributed by atoms with Crippen molar-refractivity contribution < 1.29 is 38.9 Å². The van der Waals surface area contributed by atoms with Crippen molar-refractivity contribution in [3.8, 4) is 0 Å². The molecule has 0 saturated carbocycles. The van der Waals surface area contributed by atoms with Gasteiger partial charge in [0, 0.05) is 0 Å². The number of aliphatic carboxylic acids is 2. The predicted molar refractivity (Wildman–Crippen MR) is 220 cm³/mol. The molecule has 0 spiro atoms. The van der Waals surface area contributed by atoms with Crippen molar-refractivity contribution >= 4 is 35.6 Å². The van der Waals surface area contributed by atoms with Crippen molar-refractivity contribution in [2.24, 2.45) is 0 Å². The van der Waals surface area contributed by atoms with Gasteiger partial charge in [0.15, 0.2) is 0 Å². The Labute approximate surface area is 328 Å². The molecule has 2 unspecified atom stereocenters. The topological polar surface area (TPSA) is 127 Å². The fourth-order valence-electron chi connectivity index (χ4n) is 6.08. The monoisotopic (exact) mass is 767 g/mol. The summed E-state index contributed by atoms with van der Waals surface area (Å²) < 4.78 is 10.5. The molecule has 2 atom stereocenters. The minimum absolute atomic E-state index is 0.211. The quantitative estimate of drug-likeness (QED) is 0.0356. The number of thioether (sulfide) groups is 1. The highest BCUT2D eigenvalue weighted by Gasteiger charge is 2.32. The zero-order valence-electron chi connectivity index (χ0n) is 33.8. The molecule has 0 amide bonds. The molecule has 0 aromatic heterocycles. The number of carboxylic acids is 2. The van der Waals surface area contributed by atoms with Crippen LogP contribution in [0.3, 0.4) is 0 Å². The van der Waals surface area contributed by atoms with Crippen molar-refractivity contribution in [2.75, 3.05) is 13.2 Å². The van der Waals surface area contributed by atoms with Crippen molar-refractivity contribution in [3.63, 3.8) is 0 Å². The van der Waals surface area contributed by atoms with Crippen LogP contribution in [0.15, 0.2) is 24.3 Å². The molecule has 0 saturated heterocycles. The lowest BCUT2D eigenvalue weighted by Gasteiger charge is -2.17. The highest BCUT2D eigenvalue weighted by atomic mass is 32.2. The second-order valence-corrected chi connectivity index (χ2v) is 15.9. The third kappa shape index (κ3) is 36.5. The molecule has 0 fully saturated rings. The number of hydrogen-bond acceptors (Lipinski definition) is 7. The van der Waals surface area contributed by atoms with E-state index in [0.717, 1.165) is 51.4 Å². The van der Waals surface area contributed by atoms with Crippen molar-refractivity contribution in [3.05, 3.63) is 24.3 Å². The molecule has 53 heavy (non-hydrogen) atoms. The Morgan fingerprint density at radius 2 is 0.698 bits per heavy atom. The number of hydrogen-bond donors (Lipinski definition) is 2. The van der Waals surface area contributed by atoms with Gasteiger partial charge < -0.3 is 19.7 Å². The Morgan fingerprint density at radius 1 is 0.434 bits per heavy atom. The summed E-state index contributed by atoms with van der Waals surface area (Å²) in [5.41, 5.74) is 0. The molecule has 0 heterocycles. The molecule has 308 valence electrons. The van der Waals surface area contributed by atoms with Crippen LogP contribution in [-0.4, -0.2) is 57.8 Å². The second kappa shape index (κ2) is 39.4. The summed E-state index contributed by atoms with van der Waals surface area (Å²) in [4.78, 5) is 48.3. The summed E-state index contributed by atoms with van der Waals surface area (Å²) in [6.07, 6.45) is 41.3. The minimum Gasteiger partial charge on any atom is -0.480 e. The lowest BCUT2D eigenvalue weighted by atomic mass is 10.1. The number of allylic oxidation sites excluding steroid dienone is 4. The van der Waals surface area contributed by atoms with Crippen LogP contribution < -0.4 is 0 Å². The van der Waals surface area contributed by atoms with E-state index < -0.39 is 47.2 Å². The smallest absolute Gasteiger partial charge is 0.317 e. The van der Waals surface area contributed by atoms with E-state index in [9.17, 15) is 29.4 Å². The first kappa shape index (κ1) is 50.7. The number of carbonyl (C=O) groups excluding carboxylic acids is 2. The fraction of sp³-hybridized carbons (Fsp3) is 0.818. The molecule has 0 bridgehead atoms. The number of esters is 2. The van der Waals surface area contributed by atoms with Gasteiger partial charge in [0.1, 0.15) is 10.5 Å². The Hall–Kier alpha value is -2.29. The standard InChI is InChI=1S/C44H78O8S/c1-3-5-7-9-11-13-15-17-19-21-23-25-27-29-31-33-35-51-41(45)37-39(43(47)48)53-40(44(49)50)38-42(46)52-36-34-32-30-28-26-24-22-20-18-16-14-12-10-8-6-4-2/h17-20,39-40H,3-16,21-38H2,1-2H3,(H,47,48)(H,49,50)/b19-17-,20-18-. The molecule has 8 nitrogen and oxygen atoms in total. The Balaban J connectivity index is 3.97. The van der Waals surface area contributed by atoms with Crippen LogP contribution in [0.5, 0.6) is 0 Å². The summed E-state index contributed by atoms with van der Waals surface area (Å²) in [6.45, 7) is 4.91. The lowest BCUT2D eigenvalue weighted by Crippen LogP contribution is -2.30. The highest BCUT2D eigenvalue weighted by molar-refractivity contribution is 8.01. The summed E-state index contributed by atoms with van der Waals surface area (Å²) in [6, 6.07) is 0. The second-order valence-electron chi connectivity index (χ2n) is 14.5. The van der Waals surface area contributed by atoms with Gasteiger partial charge >= 0.3 is 23.9 Å². The normalized spacial score (nSPS) is 12.7. The lowest BCUT2D eigenvalue weighted by molar-refractivity contribution is -0.147. The van der Waals surface area contributed by atoms with Gasteiger partial charge in [-0.15, -0.1) is 11.8 Å². The van der Waals surface area contributed by atoms with E-state index in [0.29, 0.717) is 24.6 Å². The zero-order chi connectivity index (χ0) is 39.0. The third-order valence-corrected chi connectivity index (χ3v) is 10.8. The van der Waals surface area contributed by atoms with E-state index in [1.165, 1.54) is 116 Å². The van der Waals surface area contributed by atoms with E-state index in [1.807, 2.05) is 0 Å². The first-order chi connectivity index (χ1) is 25.8. The van der Waals surface area contributed by atoms with Crippen molar-refractivity contribution in [1.82, 2.24) is 0 Å². The van der Waals surface area contributed by atoms with Gasteiger partial charge in [-0.05, 0) is 64.2 Å². The molecular formula is C44H78O8S. The molecule has 0 rings (SSSR count). The van der Waals surface area contributed by atoms with E-state index >= 15 is 0 Å². The van der Waals surface area contributed by atoms with Gasteiger partial charge in [-0.2, -0.15) is 0 Å². The van der Waals surface area contributed by atoms with Gasteiger partial charge in [0.2, 0.25) is 0 Å². The average molecular weight is 767 g/mol. The number of carbonyl (C=O) groups is 4. The molecule has 0 radical (unpaired) electrons. The first-order valence-corrected chi connectivity index (χ1v) is 22.5. The van der Waals surface area contributed by atoms with Crippen molar-refractivity contribution in [2.45, 2.75) is 217 Å². The molecule has 0 aliphatic carbocycles. The van der Waals surface area contributed by atoms with Crippen LogP contribution in [-0.2, 0) is 28.7 Å². The summed E-state index contributed by atoms with van der Waals surface area (Å²) in [5.74, 6) is -3.98. The Morgan fingerprint density at radius 3 is 0.981 bits per heavy atom. The molecule has 9 heteroatoms. The zero-order valence-corrected chi connectivity index (χ0v) is 34.7. The SMILES string of the molecule is CCCCCCCC/C=C\CCCCCCCCOC(=O)CC(SC(CC(=O)OCCCCCCCC/C=C\CCCCCCCC)C(=O)O)C(=O)O. The number of unbranched alkanes of at least 4 members (excludes halogenated alkanes) is 24. The maximum absolute atomic E-state index is 12.3. The van der Waals surface area contributed by atoms with Gasteiger partial charge in [-0.1, -0.05) is 154 Å². The molecule has 0 aliphatic rings. The maximum atomic E-state index is 12.3. The summed E-state index contributed by atoms with van der Waals surface area (Å²) in [7, 11) is 0. The third-order valence-electron chi connectivity index (χ3n) is 9.42. The van der Waals surface area contributed by atoms with Gasteiger partial charge in [-0.3, -0.25) is 19.2 Å². The molecule has 0 aromatic rings. The number of ether oxygens (including phenoxy) is 2. The van der Waals surface area contributed by atoms with Crippen LogP contribution >= 0.6 is 11.8 Å². The van der Waals surface area contributed by atoms with Crippen LogP contribution in [0, 0.1) is 0 Å². The van der Waals surface area contributed by atoms with E-state index in [1.54, 1.807) is 0 Å². The number of carboxylic acid groups (broad SMARTS) is 2. The summed E-state index contributed by atoms with van der Waals surface area (Å²) in [5, 5.41) is 16.6. The van der Waals surface area contributed by atoms with E-state index in [-0.39, 0.29) is 13.2 Å². The van der Waals surface area contributed by atoms with Crippen LogP contribution in [0.25, 0.3) is 0 Å². The Kier molecular flexibility index (Phi) is 37.7. The first-order valence-electron chi connectivity index (χ1n) is 21.5. The summed E-state index contributed by atoms with van der Waals surface area (Å²) >= 11 is 0.583. The largest absolute Gasteiger partial charge is 0.480 e. The van der Waals surface area contributed by atoms with Gasteiger partial charge in [0.05, 0.1) is 26.1 Å². The Bertz CT molecular complexity index is 876. The maximum Gasteiger partial charge on any atom is 0.317 e. The minimum atomic E-state index is -1.33. The van der Waals surface area contributed by atoms with Crippen molar-refractivity contribution in [1.29, 1.82) is 0 Å². The van der Waals surface area contributed by atoms with Crippen LogP contribution in [0.4, 0.5) is 0 Å². The van der Waals surface area contributed by atoms with Gasteiger partial charge in [0.25, 0.3) is 0 Å². The van der Waals surface area contributed by atoms with E-state index in [2.05, 4.69) is 38.2 Å². The molecule has 0 aliphatic heterocycles. The highest BCUT2D eigenvalue weighted by Crippen LogP contribution is 2.25. The predicted octanol–water partition coefficient (Wildman–Crippen LogP) is 12.6. The average Bonchev–Trinajstić information content (AvgIpc) is 3.13. The van der Waals surface area contributed by atoms with Gasteiger partial charge in [-0.25, -0.2) is 0 Å². The van der Waals surface area contributed by atoms with E-state index in [4.69, 9.17) is 9.47 Å².